The van der Waals surface area contributed by atoms with E-state index in [1.807, 2.05) is 37.3 Å². The highest BCUT2D eigenvalue weighted by Gasteiger charge is 2.23. The molecule has 0 aliphatic heterocycles. The first-order valence-electron chi connectivity index (χ1n) is 8.15. The molecule has 6 heteroatoms. The molecule has 0 unspecified atom stereocenters. The van der Waals surface area contributed by atoms with Crippen LogP contribution in [-0.2, 0) is 14.8 Å². The molecular weight excluding hydrogens is 350 g/mol. The van der Waals surface area contributed by atoms with Crippen LogP contribution >= 0.6 is 0 Å². The zero-order valence-electron chi connectivity index (χ0n) is 14.5. The fourth-order valence-electron chi connectivity index (χ4n) is 2.55. The minimum Gasteiger partial charge on any atom is -0.425 e. The first kappa shape index (κ1) is 18.1. The Labute approximate surface area is 152 Å². The maximum absolute atomic E-state index is 12.4. The number of nitrogens with one attached hydrogen (secondary N) is 1. The van der Waals surface area contributed by atoms with E-state index < -0.39 is 22.0 Å². The monoisotopic (exact) mass is 369 g/mol. The van der Waals surface area contributed by atoms with Crippen LogP contribution in [0.1, 0.15) is 12.5 Å². The number of hydrogen-bond acceptors (Lipinski definition) is 4. The van der Waals surface area contributed by atoms with Gasteiger partial charge >= 0.3 is 5.97 Å². The van der Waals surface area contributed by atoms with Crippen molar-refractivity contribution in [1.29, 1.82) is 0 Å². The van der Waals surface area contributed by atoms with Gasteiger partial charge in [0.1, 0.15) is 11.8 Å². The highest BCUT2D eigenvalue weighted by molar-refractivity contribution is 7.89. The van der Waals surface area contributed by atoms with E-state index in [0.29, 0.717) is 5.75 Å². The molecular formula is C20H19NO4S. The van der Waals surface area contributed by atoms with Crippen molar-refractivity contribution in [2.75, 3.05) is 0 Å². The zero-order chi connectivity index (χ0) is 18.7. The van der Waals surface area contributed by atoms with Crippen molar-refractivity contribution in [3.63, 3.8) is 0 Å². The molecule has 0 aliphatic rings. The molecule has 3 rings (SSSR count). The van der Waals surface area contributed by atoms with E-state index in [9.17, 15) is 13.2 Å². The summed E-state index contributed by atoms with van der Waals surface area (Å²) in [7, 11) is -3.81. The predicted octanol–water partition coefficient (Wildman–Crippen LogP) is 3.42. The summed E-state index contributed by atoms with van der Waals surface area (Å²) in [6.07, 6.45) is 0. The van der Waals surface area contributed by atoms with Crippen molar-refractivity contribution >= 4 is 26.8 Å². The Morgan fingerprint density at radius 1 is 0.962 bits per heavy atom. The Bertz CT molecular complexity index is 1040. The Hall–Kier alpha value is -2.70. The highest BCUT2D eigenvalue weighted by atomic mass is 32.2. The van der Waals surface area contributed by atoms with Crippen LogP contribution in [0.3, 0.4) is 0 Å². The second kappa shape index (κ2) is 7.27. The lowest BCUT2D eigenvalue weighted by Gasteiger charge is -2.14. The molecule has 0 spiro atoms. The fraction of sp³-hybridized carbons (Fsp3) is 0.150. The first-order valence-corrected chi connectivity index (χ1v) is 9.63. The van der Waals surface area contributed by atoms with Gasteiger partial charge in [0.05, 0.1) is 4.90 Å². The van der Waals surface area contributed by atoms with Gasteiger partial charge in [0.15, 0.2) is 0 Å². The maximum Gasteiger partial charge on any atom is 0.329 e. The van der Waals surface area contributed by atoms with Gasteiger partial charge < -0.3 is 4.74 Å². The van der Waals surface area contributed by atoms with Gasteiger partial charge in [-0.15, -0.1) is 0 Å². The Kier molecular flexibility index (Phi) is 5.06. The zero-order valence-corrected chi connectivity index (χ0v) is 15.3. The van der Waals surface area contributed by atoms with Gasteiger partial charge in [-0.05, 0) is 37.4 Å². The van der Waals surface area contributed by atoms with E-state index in [4.69, 9.17) is 4.74 Å². The number of benzene rings is 3. The van der Waals surface area contributed by atoms with E-state index in [1.165, 1.54) is 19.1 Å². The van der Waals surface area contributed by atoms with Crippen molar-refractivity contribution in [1.82, 2.24) is 4.72 Å². The number of esters is 1. The number of fused-ring (bicyclic) bond motifs is 1. The smallest absolute Gasteiger partial charge is 0.329 e. The van der Waals surface area contributed by atoms with Crippen LogP contribution in [0.4, 0.5) is 0 Å². The topological polar surface area (TPSA) is 72.5 Å². The average Bonchev–Trinajstić information content (AvgIpc) is 2.62. The SMILES string of the molecule is Cc1ccc(S(=O)(=O)N[C@@H](C)C(=O)Oc2cccc3ccccc23)cc1. The van der Waals surface area contributed by atoms with E-state index in [0.717, 1.165) is 16.3 Å². The number of carbonyl (C=O) groups excluding carboxylic acids is 1. The van der Waals surface area contributed by atoms with Crippen LogP contribution in [0.5, 0.6) is 5.75 Å². The van der Waals surface area contributed by atoms with E-state index in [1.54, 1.807) is 24.3 Å². The fourth-order valence-corrected chi connectivity index (χ4v) is 3.74. The van der Waals surface area contributed by atoms with Gasteiger partial charge in [0.2, 0.25) is 10.0 Å². The van der Waals surface area contributed by atoms with E-state index in [2.05, 4.69) is 4.72 Å². The number of sulfonamides is 1. The third-order valence-corrected chi connectivity index (χ3v) is 5.53. The van der Waals surface area contributed by atoms with Gasteiger partial charge in [-0.1, -0.05) is 54.1 Å². The number of aryl methyl sites for hydroxylation is 1. The standard InChI is InChI=1S/C20H19NO4S/c1-14-10-12-17(13-11-14)26(23,24)21-15(2)20(22)25-19-9-5-7-16-6-3-4-8-18(16)19/h3-13,15,21H,1-2H3/t15-/m0/s1. The quantitative estimate of drug-likeness (QED) is 0.552. The molecule has 0 saturated carbocycles. The third kappa shape index (κ3) is 3.92. The van der Waals surface area contributed by atoms with Crippen molar-refractivity contribution in [3.05, 3.63) is 72.3 Å². The van der Waals surface area contributed by atoms with Crippen molar-refractivity contribution in [3.8, 4) is 5.75 Å². The number of ether oxygens (including phenoxy) is 1. The van der Waals surface area contributed by atoms with Gasteiger partial charge in [0.25, 0.3) is 0 Å². The summed E-state index contributed by atoms with van der Waals surface area (Å²) >= 11 is 0. The van der Waals surface area contributed by atoms with Gasteiger partial charge in [0, 0.05) is 5.39 Å². The summed E-state index contributed by atoms with van der Waals surface area (Å²) in [5.74, 6) is -0.272. The molecule has 26 heavy (non-hydrogen) atoms. The van der Waals surface area contributed by atoms with Crippen molar-refractivity contribution < 1.29 is 17.9 Å². The molecule has 0 radical (unpaired) electrons. The van der Waals surface area contributed by atoms with Gasteiger partial charge in [-0.3, -0.25) is 0 Å². The molecule has 0 saturated heterocycles. The average molecular weight is 369 g/mol. The Morgan fingerprint density at radius 2 is 1.62 bits per heavy atom. The van der Waals surface area contributed by atoms with E-state index >= 15 is 0 Å². The third-order valence-electron chi connectivity index (χ3n) is 3.98. The Balaban J connectivity index is 1.76. The summed E-state index contributed by atoms with van der Waals surface area (Å²) in [6.45, 7) is 3.33. The summed E-state index contributed by atoms with van der Waals surface area (Å²) < 4.78 is 32.6. The minimum atomic E-state index is -3.81. The molecule has 0 aliphatic carbocycles. The lowest BCUT2D eigenvalue weighted by molar-refractivity contribution is -0.135. The lowest BCUT2D eigenvalue weighted by atomic mass is 10.1. The molecule has 1 N–H and O–H groups in total. The minimum absolute atomic E-state index is 0.105. The molecule has 0 aromatic heterocycles. The molecule has 0 bridgehead atoms. The molecule has 3 aromatic carbocycles. The molecule has 3 aromatic rings. The largest absolute Gasteiger partial charge is 0.425 e. The summed E-state index contributed by atoms with van der Waals surface area (Å²) in [5.41, 5.74) is 0.951. The molecule has 0 heterocycles. The summed E-state index contributed by atoms with van der Waals surface area (Å²) in [4.78, 5) is 12.5. The van der Waals surface area contributed by atoms with Crippen LogP contribution in [0, 0.1) is 6.92 Å². The van der Waals surface area contributed by atoms with Crippen LogP contribution in [0.25, 0.3) is 10.8 Å². The Morgan fingerprint density at radius 3 is 2.35 bits per heavy atom. The van der Waals surface area contributed by atoms with E-state index in [-0.39, 0.29) is 4.90 Å². The molecule has 5 nitrogen and oxygen atoms in total. The van der Waals surface area contributed by atoms with Crippen molar-refractivity contribution in [2.45, 2.75) is 24.8 Å². The second-order valence-corrected chi connectivity index (χ2v) is 7.77. The summed E-state index contributed by atoms with van der Waals surface area (Å²) in [5, 5.41) is 1.72. The second-order valence-electron chi connectivity index (χ2n) is 6.05. The number of hydrogen-bond donors (Lipinski definition) is 1. The number of carbonyl (C=O) groups is 1. The number of rotatable bonds is 5. The van der Waals surface area contributed by atoms with Gasteiger partial charge in [-0.25, -0.2) is 13.2 Å². The van der Waals surface area contributed by atoms with Crippen LogP contribution < -0.4 is 9.46 Å². The van der Waals surface area contributed by atoms with Crippen LogP contribution in [0.15, 0.2) is 71.6 Å². The summed E-state index contributed by atoms with van der Waals surface area (Å²) in [6, 6.07) is 18.3. The maximum atomic E-state index is 12.4. The predicted molar refractivity (Wildman–Crippen MR) is 101 cm³/mol. The lowest BCUT2D eigenvalue weighted by Crippen LogP contribution is -2.40. The van der Waals surface area contributed by atoms with Gasteiger partial charge in [-0.2, -0.15) is 4.72 Å². The molecule has 0 amide bonds. The molecule has 134 valence electrons. The highest BCUT2D eigenvalue weighted by Crippen LogP contribution is 2.25. The van der Waals surface area contributed by atoms with Crippen LogP contribution in [-0.4, -0.2) is 20.4 Å². The first-order chi connectivity index (χ1) is 12.4. The molecule has 1 atom stereocenters. The molecule has 0 fully saturated rings. The van der Waals surface area contributed by atoms with Crippen molar-refractivity contribution in [2.24, 2.45) is 0 Å². The van der Waals surface area contributed by atoms with Crippen LogP contribution in [0.2, 0.25) is 0 Å². The normalized spacial score (nSPS) is 12.7.